The van der Waals surface area contributed by atoms with E-state index < -0.39 is 0 Å². The van der Waals surface area contributed by atoms with Crippen molar-refractivity contribution in [3.05, 3.63) is 24.0 Å². The van der Waals surface area contributed by atoms with Crippen LogP contribution in [0.4, 0.5) is 0 Å². The third-order valence-corrected chi connectivity index (χ3v) is 2.71. The van der Waals surface area contributed by atoms with Gasteiger partial charge in [0.05, 0.1) is 7.11 Å². The SMILES string of the molecule is CCC(C)C1C=CC(OC)=CC1. The molecule has 12 heavy (non-hydrogen) atoms. The monoisotopic (exact) mass is 166 g/mol. The summed E-state index contributed by atoms with van der Waals surface area (Å²) in [6, 6.07) is 0. The molecule has 0 saturated heterocycles. The lowest BCUT2D eigenvalue weighted by atomic mass is 9.86. The molecule has 1 heteroatoms. The highest BCUT2D eigenvalue weighted by Gasteiger charge is 2.14. The number of hydrogen-bond acceptors (Lipinski definition) is 1. The van der Waals surface area contributed by atoms with Gasteiger partial charge in [0.15, 0.2) is 0 Å². The second-order valence-electron chi connectivity index (χ2n) is 3.45. The predicted molar refractivity (Wildman–Crippen MR) is 51.8 cm³/mol. The lowest BCUT2D eigenvalue weighted by molar-refractivity contribution is 0.297. The van der Waals surface area contributed by atoms with Crippen LogP contribution in [0, 0.1) is 11.8 Å². The maximum atomic E-state index is 5.13. The quantitative estimate of drug-likeness (QED) is 0.626. The zero-order chi connectivity index (χ0) is 8.97. The molecular weight excluding hydrogens is 148 g/mol. The summed E-state index contributed by atoms with van der Waals surface area (Å²) < 4.78 is 5.13. The van der Waals surface area contributed by atoms with Crippen LogP contribution < -0.4 is 0 Å². The summed E-state index contributed by atoms with van der Waals surface area (Å²) in [6.07, 6.45) is 8.92. The van der Waals surface area contributed by atoms with Crippen LogP contribution >= 0.6 is 0 Å². The van der Waals surface area contributed by atoms with Crippen molar-refractivity contribution in [2.75, 3.05) is 7.11 Å². The van der Waals surface area contributed by atoms with Crippen molar-refractivity contribution in [1.29, 1.82) is 0 Å². The van der Waals surface area contributed by atoms with Crippen molar-refractivity contribution >= 4 is 0 Å². The lowest BCUT2D eigenvalue weighted by Crippen LogP contribution is -2.10. The number of allylic oxidation sites excluding steroid dienone is 3. The number of methoxy groups -OCH3 is 1. The molecule has 68 valence electrons. The third kappa shape index (κ3) is 2.13. The molecule has 0 radical (unpaired) electrons. The molecular formula is C11H18O. The maximum Gasteiger partial charge on any atom is 0.114 e. The molecule has 0 spiro atoms. The van der Waals surface area contributed by atoms with Gasteiger partial charge in [-0.15, -0.1) is 0 Å². The minimum Gasteiger partial charge on any atom is -0.497 e. The minimum absolute atomic E-state index is 0.717. The molecule has 0 amide bonds. The molecule has 0 heterocycles. The fraction of sp³-hybridized carbons (Fsp3) is 0.636. The first-order chi connectivity index (χ1) is 5.77. The van der Waals surface area contributed by atoms with Crippen molar-refractivity contribution in [1.82, 2.24) is 0 Å². The Labute approximate surface area is 75.1 Å². The first kappa shape index (κ1) is 9.37. The summed E-state index contributed by atoms with van der Waals surface area (Å²) in [4.78, 5) is 0. The fourth-order valence-electron chi connectivity index (χ4n) is 1.49. The Kier molecular flexibility index (Phi) is 3.39. The smallest absolute Gasteiger partial charge is 0.114 e. The molecule has 1 aliphatic carbocycles. The number of ether oxygens (including phenoxy) is 1. The van der Waals surface area contributed by atoms with Gasteiger partial charge >= 0.3 is 0 Å². The summed E-state index contributed by atoms with van der Waals surface area (Å²) in [7, 11) is 1.72. The molecule has 0 aliphatic heterocycles. The largest absolute Gasteiger partial charge is 0.497 e. The molecule has 1 rings (SSSR count). The average Bonchev–Trinajstić information content (AvgIpc) is 2.17. The van der Waals surface area contributed by atoms with E-state index in [-0.39, 0.29) is 0 Å². The van der Waals surface area contributed by atoms with Gasteiger partial charge in [0, 0.05) is 0 Å². The van der Waals surface area contributed by atoms with Gasteiger partial charge in [0.2, 0.25) is 0 Å². The molecule has 1 nitrogen and oxygen atoms in total. The predicted octanol–water partition coefficient (Wildman–Crippen LogP) is 3.14. The maximum absolute atomic E-state index is 5.13. The second kappa shape index (κ2) is 4.34. The second-order valence-corrected chi connectivity index (χ2v) is 3.45. The number of rotatable bonds is 3. The van der Waals surface area contributed by atoms with E-state index in [1.807, 2.05) is 0 Å². The lowest BCUT2D eigenvalue weighted by Gasteiger charge is -2.20. The van der Waals surface area contributed by atoms with Crippen LogP contribution in [0.2, 0.25) is 0 Å². The van der Waals surface area contributed by atoms with Crippen LogP contribution in [0.3, 0.4) is 0 Å². The zero-order valence-electron chi connectivity index (χ0n) is 8.21. The van der Waals surface area contributed by atoms with Gasteiger partial charge in [0.1, 0.15) is 5.76 Å². The summed E-state index contributed by atoms with van der Waals surface area (Å²) in [5.74, 6) is 2.51. The summed E-state index contributed by atoms with van der Waals surface area (Å²) in [5, 5.41) is 0. The van der Waals surface area contributed by atoms with E-state index in [9.17, 15) is 0 Å². The van der Waals surface area contributed by atoms with Gasteiger partial charge in [-0.2, -0.15) is 0 Å². The summed E-state index contributed by atoms with van der Waals surface area (Å²) in [5.41, 5.74) is 0. The van der Waals surface area contributed by atoms with E-state index in [0.29, 0.717) is 5.92 Å². The Balaban J connectivity index is 2.48. The van der Waals surface area contributed by atoms with E-state index in [2.05, 4.69) is 32.1 Å². The topological polar surface area (TPSA) is 9.23 Å². The average molecular weight is 166 g/mol. The van der Waals surface area contributed by atoms with Gasteiger partial charge in [-0.1, -0.05) is 26.3 Å². The first-order valence-electron chi connectivity index (χ1n) is 4.70. The summed E-state index contributed by atoms with van der Waals surface area (Å²) >= 11 is 0. The highest BCUT2D eigenvalue weighted by Crippen LogP contribution is 2.25. The highest BCUT2D eigenvalue weighted by molar-refractivity contribution is 5.18. The molecule has 2 unspecified atom stereocenters. The van der Waals surface area contributed by atoms with E-state index in [4.69, 9.17) is 4.74 Å². The molecule has 0 fully saturated rings. The van der Waals surface area contributed by atoms with Crippen molar-refractivity contribution in [3.8, 4) is 0 Å². The van der Waals surface area contributed by atoms with E-state index >= 15 is 0 Å². The van der Waals surface area contributed by atoms with Gasteiger partial charge in [-0.3, -0.25) is 0 Å². The minimum atomic E-state index is 0.717. The van der Waals surface area contributed by atoms with Crippen LogP contribution in [0.1, 0.15) is 26.7 Å². The molecule has 0 bridgehead atoms. The van der Waals surface area contributed by atoms with Crippen LogP contribution in [0.25, 0.3) is 0 Å². The first-order valence-corrected chi connectivity index (χ1v) is 4.70. The van der Waals surface area contributed by atoms with Crippen molar-refractivity contribution in [3.63, 3.8) is 0 Å². The Morgan fingerprint density at radius 3 is 2.83 bits per heavy atom. The Morgan fingerprint density at radius 2 is 2.42 bits per heavy atom. The molecule has 0 N–H and O–H groups in total. The van der Waals surface area contributed by atoms with Crippen molar-refractivity contribution in [2.45, 2.75) is 26.7 Å². The van der Waals surface area contributed by atoms with E-state index in [1.54, 1.807) is 7.11 Å². The van der Waals surface area contributed by atoms with Gasteiger partial charge in [-0.25, -0.2) is 0 Å². The Hall–Kier alpha value is -0.720. The Bertz CT molecular complexity index is 191. The summed E-state index contributed by atoms with van der Waals surface area (Å²) in [6.45, 7) is 4.55. The van der Waals surface area contributed by atoms with Gasteiger partial charge in [0.25, 0.3) is 0 Å². The zero-order valence-corrected chi connectivity index (χ0v) is 8.21. The van der Waals surface area contributed by atoms with Crippen molar-refractivity contribution < 1.29 is 4.74 Å². The standard InChI is InChI=1S/C11H18O/c1-4-9(2)10-5-7-11(12-3)8-6-10/h5,7-10H,4,6H2,1-3H3. The van der Waals surface area contributed by atoms with E-state index in [0.717, 1.165) is 18.1 Å². The molecule has 0 aromatic carbocycles. The molecule has 0 aromatic rings. The molecule has 1 aliphatic rings. The van der Waals surface area contributed by atoms with Crippen LogP contribution in [-0.2, 0) is 4.74 Å². The molecule has 0 saturated carbocycles. The van der Waals surface area contributed by atoms with Gasteiger partial charge in [-0.05, 0) is 30.4 Å². The van der Waals surface area contributed by atoms with E-state index in [1.165, 1.54) is 6.42 Å². The third-order valence-electron chi connectivity index (χ3n) is 2.71. The van der Waals surface area contributed by atoms with Crippen LogP contribution in [0.5, 0.6) is 0 Å². The highest BCUT2D eigenvalue weighted by atomic mass is 16.5. The van der Waals surface area contributed by atoms with Gasteiger partial charge < -0.3 is 4.74 Å². The normalized spacial score (nSPS) is 24.9. The Morgan fingerprint density at radius 1 is 1.67 bits per heavy atom. The molecule has 2 atom stereocenters. The fourth-order valence-corrected chi connectivity index (χ4v) is 1.49. The number of hydrogen-bond donors (Lipinski definition) is 0. The van der Waals surface area contributed by atoms with Crippen LogP contribution in [0.15, 0.2) is 24.0 Å². The molecule has 0 aromatic heterocycles. The van der Waals surface area contributed by atoms with Crippen molar-refractivity contribution in [2.24, 2.45) is 11.8 Å². The van der Waals surface area contributed by atoms with Crippen LogP contribution in [-0.4, -0.2) is 7.11 Å².